The van der Waals surface area contributed by atoms with Crippen LogP contribution < -0.4 is 4.74 Å². The van der Waals surface area contributed by atoms with Crippen molar-refractivity contribution in [3.63, 3.8) is 0 Å². The van der Waals surface area contributed by atoms with E-state index >= 15 is 0 Å². The molecule has 1 saturated carbocycles. The lowest BCUT2D eigenvalue weighted by Crippen LogP contribution is -2.17. The smallest absolute Gasteiger partial charge is 0.331 e. The summed E-state index contributed by atoms with van der Waals surface area (Å²) in [5.74, 6) is 0.667. The summed E-state index contributed by atoms with van der Waals surface area (Å²) >= 11 is 0. The monoisotopic (exact) mass is 284 g/mol. The molecule has 110 valence electrons. The maximum Gasteiger partial charge on any atom is 0.331 e. The van der Waals surface area contributed by atoms with Crippen molar-refractivity contribution in [1.29, 1.82) is 0 Å². The van der Waals surface area contributed by atoms with E-state index in [1.54, 1.807) is 7.11 Å². The molecule has 0 saturated heterocycles. The number of hydrogen-bond donors (Lipinski definition) is 1. The van der Waals surface area contributed by atoms with Crippen molar-refractivity contribution in [2.75, 3.05) is 7.11 Å². The molecule has 21 heavy (non-hydrogen) atoms. The zero-order valence-electron chi connectivity index (χ0n) is 12.4. The summed E-state index contributed by atoms with van der Waals surface area (Å²) in [6.45, 7) is 1.98. The minimum Gasteiger partial charge on any atom is -0.497 e. The summed E-state index contributed by atoms with van der Waals surface area (Å²) in [7, 11) is 1.63. The molecule has 0 aliphatic heterocycles. The van der Waals surface area contributed by atoms with Crippen LogP contribution in [0.25, 0.3) is 6.08 Å². The van der Waals surface area contributed by atoms with Gasteiger partial charge >= 0.3 is 5.97 Å². The Kier molecular flexibility index (Phi) is 3.58. The third kappa shape index (κ3) is 2.60. The van der Waals surface area contributed by atoms with Crippen molar-refractivity contribution in [1.82, 2.24) is 0 Å². The third-order valence-electron chi connectivity index (χ3n) is 4.72. The Morgan fingerprint density at radius 3 is 2.71 bits per heavy atom. The Balaban J connectivity index is 1.94. The zero-order chi connectivity index (χ0) is 15.0. The predicted molar refractivity (Wildman–Crippen MR) is 82.3 cm³/mol. The maximum absolute atomic E-state index is 11.7. The van der Waals surface area contributed by atoms with Crippen LogP contribution >= 0.6 is 0 Å². The molecule has 3 rings (SSSR count). The molecule has 0 heterocycles. The molecule has 0 spiro atoms. The van der Waals surface area contributed by atoms with Gasteiger partial charge in [0, 0.05) is 5.57 Å². The largest absolute Gasteiger partial charge is 0.497 e. The molecule has 2 atom stereocenters. The van der Waals surface area contributed by atoms with Gasteiger partial charge in [0.2, 0.25) is 0 Å². The van der Waals surface area contributed by atoms with Gasteiger partial charge in [-0.05, 0) is 67.4 Å². The molecule has 1 aromatic carbocycles. The lowest BCUT2D eigenvalue weighted by molar-refractivity contribution is -0.133. The lowest BCUT2D eigenvalue weighted by atomic mass is 9.84. The van der Waals surface area contributed by atoms with Gasteiger partial charge in [0.05, 0.1) is 7.11 Å². The van der Waals surface area contributed by atoms with Crippen LogP contribution in [0.2, 0.25) is 0 Å². The lowest BCUT2D eigenvalue weighted by Gasteiger charge is -2.20. The molecule has 0 aromatic heterocycles. The van der Waals surface area contributed by atoms with Gasteiger partial charge in [0.15, 0.2) is 0 Å². The van der Waals surface area contributed by atoms with Gasteiger partial charge in [-0.3, -0.25) is 0 Å². The van der Waals surface area contributed by atoms with Crippen LogP contribution in [-0.4, -0.2) is 18.2 Å². The Hall–Kier alpha value is -2.03. The van der Waals surface area contributed by atoms with Crippen LogP contribution in [0.15, 0.2) is 35.4 Å². The highest BCUT2D eigenvalue weighted by Crippen LogP contribution is 2.47. The minimum atomic E-state index is -0.789. The maximum atomic E-state index is 11.7. The summed E-state index contributed by atoms with van der Waals surface area (Å²) in [6.07, 6.45) is 7.16. The van der Waals surface area contributed by atoms with Crippen molar-refractivity contribution in [2.45, 2.75) is 26.2 Å². The summed E-state index contributed by atoms with van der Waals surface area (Å²) in [4.78, 5) is 11.7. The number of ether oxygens (including phenoxy) is 1. The fraction of sp³-hybridized carbons (Fsp3) is 0.389. The van der Waals surface area contributed by atoms with Gasteiger partial charge in [0.25, 0.3) is 0 Å². The van der Waals surface area contributed by atoms with E-state index in [0.717, 1.165) is 36.1 Å². The van der Waals surface area contributed by atoms with Crippen molar-refractivity contribution in [2.24, 2.45) is 11.8 Å². The average Bonchev–Trinajstić information content (AvgIpc) is 3.08. The highest BCUT2D eigenvalue weighted by atomic mass is 16.5. The van der Waals surface area contributed by atoms with E-state index in [1.165, 1.54) is 5.57 Å². The minimum absolute atomic E-state index is 0.170. The molecule has 2 unspecified atom stereocenters. The number of aryl methyl sites for hydroxylation is 1. The number of carboxylic acids is 1. The first-order valence-electron chi connectivity index (χ1n) is 7.36. The number of fused-ring (bicyclic) bond motifs is 2. The first kappa shape index (κ1) is 13.9. The molecule has 2 aliphatic carbocycles. The van der Waals surface area contributed by atoms with Gasteiger partial charge in [0.1, 0.15) is 5.75 Å². The van der Waals surface area contributed by atoms with Crippen molar-refractivity contribution < 1.29 is 14.6 Å². The Morgan fingerprint density at radius 1 is 1.38 bits per heavy atom. The first-order chi connectivity index (χ1) is 10.1. The molecule has 3 nitrogen and oxygen atoms in total. The molecule has 0 amide bonds. The summed E-state index contributed by atoms with van der Waals surface area (Å²) in [6, 6.07) is 5.75. The number of rotatable bonds is 4. The van der Waals surface area contributed by atoms with E-state index in [-0.39, 0.29) is 5.92 Å². The average molecular weight is 284 g/mol. The van der Waals surface area contributed by atoms with Crippen LogP contribution in [-0.2, 0) is 4.79 Å². The van der Waals surface area contributed by atoms with E-state index in [1.807, 2.05) is 31.2 Å². The van der Waals surface area contributed by atoms with Crippen molar-refractivity contribution in [3.8, 4) is 5.75 Å². The number of carbonyl (C=O) groups is 1. The molecule has 2 aliphatic rings. The molecular formula is C18H20O3. The quantitative estimate of drug-likeness (QED) is 0.675. The Labute approximate surface area is 124 Å². The number of methoxy groups -OCH3 is 1. The fourth-order valence-corrected chi connectivity index (χ4v) is 3.54. The van der Waals surface area contributed by atoms with Gasteiger partial charge < -0.3 is 9.84 Å². The number of benzene rings is 1. The van der Waals surface area contributed by atoms with Crippen molar-refractivity contribution in [3.05, 3.63) is 46.5 Å². The van der Waals surface area contributed by atoms with E-state index in [4.69, 9.17) is 4.74 Å². The second kappa shape index (κ2) is 5.40. The molecule has 0 radical (unpaired) electrons. The molecule has 1 N–H and O–H groups in total. The number of carboxylic acid groups (broad SMARTS) is 1. The van der Waals surface area contributed by atoms with Crippen LogP contribution in [0, 0.1) is 18.8 Å². The van der Waals surface area contributed by atoms with Crippen LogP contribution in [0.3, 0.4) is 0 Å². The second-order valence-corrected chi connectivity index (χ2v) is 6.00. The summed E-state index contributed by atoms with van der Waals surface area (Å²) in [5, 5.41) is 9.60. The number of aliphatic carboxylic acids is 1. The molecule has 1 aromatic rings. The fourth-order valence-electron chi connectivity index (χ4n) is 3.54. The Bertz CT molecular complexity index is 640. The molecule has 1 fully saturated rings. The Morgan fingerprint density at radius 2 is 2.19 bits per heavy atom. The molecule has 2 bridgehead atoms. The second-order valence-electron chi connectivity index (χ2n) is 6.00. The third-order valence-corrected chi connectivity index (χ3v) is 4.72. The van der Waals surface area contributed by atoms with Crippen LogP contribution in [0.5, 0.6) is 5.75 Å². The number of hydrogen-bond acceptors (Lipinski definition) is 2. The zero-order valence-corrected chi connectivity index (χ0v) is 12.4. The normalized spacial score (nSPS) is 24.1. The van der Waals surface area contributed by atoms with Gasteiger partial charge in [-0.25, -0.2) is 4.79 Å². The van der Waals surface area contributed by atoms with Gasteiger partial charge in [-0.1, -0.05) is 17.7 Å². The topological polar surface area (TPSA) is 46.5 Å². The van der Waals surface area contributed by atoms with Crippen LogP contribution in [0.4, 0.5) is 0 Å². The highest BCUT2D eigenvalue weighted by Gasteiger charge is 2.38. The molecular weight excluding hydrogens is 264 g/mol. The first-order valence-corrected chi connectivity index (χ1v) is 7.36. The van der Waals surface area contributed by atoms with Crippen molar-refractivity contribution >= 4 is 12.0 Å². The predicted octanol–water partition coefficient (Wildman–Crippen LogP) is 3.83. The number of allylic oxidation sites excluding steroid dienone is 2. The van der Waals surface area contributed by atoms with E-state index in [9.17, 15) is 9.90 Å². The SMILES string of the molecule is COc1ccc(C=C(C(=O)O)C2CC3=CCC2C3)c(C)c1. The van der Waals surface area contributed by atoms with Gasteiger partial charge in [-0.2, -0.15) is 0 Å². The highest BCUT2D eigenvalue weighted by molar-refractivity contribution is 5.93. The van der Waals surface area contributed by atoms with E-state index in [0.29, 0.717) is 11.5 Å². The van der Waals surface area contributed by atoms with E-state index < -0.39 is 5.97 Å². The molecule has 3 heteroatoms. The summed E-state index contributed by atoms with van der Waals surface area (Å²) < 4.78 is 5.20. The van der Waals surface area contributed by atoms with Gasteiger partial charge in [-0.15, -0.1) is 0 Å². The summed E-state index contributed by atoms with van der Waals surface area (Å²) in [5.41, 5.74) is 3.99. The van der Waals surface area contributed by atoms with E-state index in [2.05, 4.69) is 6.08 Å². The standard InChI is InChI=1S/C18H20O3/c1-11-7-15(21-2)6-5-13(11)10-17(18(19)20)16-9-12-3-4-14(16)8-12/h3,5-7,10,14,16H,4,8-9H2,1-2H3,(H,19,20). The van der Waals surface area contributed by atoms with Crippen LogP contribution in [0.1, 0.15) is 30.4 Å².